The summed E-state index contributed by atoms with van der Waals surface area (Å²) in [4.78, 5) is 24.9. The smallest absolute Gasteiger partial charge is 0.315 e. The molecule has 2 N–H and O–H groups in total. The fraction of sp³-hybridized carbons (Fsp3) is 0.529. The average Bonchev–Trinajstić information content (AvgIpc) is 2.43. The molecule has 0 bridgehead atoms. The van der Waals surface area contributed by atoms with E-state index in [1.807, 2.05) is 0 Å². The van der Waals surface area contributed by atoms with E-state index in [1.54, 1.807) is 21.0 Å². The predicted molar refractivity (Wildman–Crippen MR) is 86.6 cm³/mol. The van der Waals surface area contributed by atoms with Crippen molar-refractivity contribution >= 4 is 11.9 Å². The average molecular weight is 303 g/mol. The van der Waals surface area contributed by atoms with Crippen molar-refractivity contribution in [3.8, 4) is 0 Å². The van der Waals surface area contributed by atoms with Gasteiger partial charge in [-0.25, -0.2) is 4.79 Å². The zero-order valence-corrected chi connectivity index (χ0v) is 13.6. The van der Waals surface area contributed by atoms with Crippen LogP contribution >= 0.6 is 0 Å². The maximum absolute atomic E-state index is 11.8. The zero-order valence-electron chi connectivity index (χ0n) is 13.6. The SMILES string of the molecule is C[C@H](NC(=O)NCc1ccc(C2CCC2)cc1)C(=O)N(C)C. The van der Waals surface area contributed by atoms with Crippen LogP contribution in [0.25, 0.3) is 0 Å². The van der Waals surface area contributed by atoms with E-state index < -0.39 is 6.04 Å². The van der Waals surface area contributed by atoms with Gasteiger partial charge < -0.3 is 15.5 Å². The van der Waals surface area contributed by atoms with Gasteiger partial charge in [0.25, 0.3) is 0 Å². The normalized spacial score (nSPS) is 15.6. The van der Waals surface area contributed by atoms with Crippen LogP contribution < -0.4 is 10.6 Å². The van der Waals surface area contributed by atoms with Gasteiger partial charge in [-0.2, -0.15) is 0 Å². The number of nitrogens with one attached hydrogen (secondary N) is 2. The molecule has 120 valence electrons. The van der Waals surface area contributed by atoms with E-state index in [0.717, 1.165) is 11.5 Å². The van der Waals surface area contributed by atoms with Crippen LogP contribution in [-0.4, -0.2) is 37.0 Å². The van der Waals surface area contributed by atoms with Gasteiger partial charge >= 0.3 is 6.03 Å². The quantitative estimate of drug-likeness (QED) is 0.876. The minimum Gasteiger partial charge on any atom is -0.347 e. The number of hydrogen-bond donors (Lipinski definition) is 2. The molecule has 2 rings (SSSR count). The molecule has 1 aromatic rings. The van der Waals surface area contributed by atoms with E-state index in [9.17, 15) is 9.59 Å². The minimum absolute atomic E-state index is 0.125. The summed E-state index contributed by atoms with van der Waals surface area (Å²) >= 11 is 0. The fourth-order valence-electron chi connectivity index (χ4n) is 2.53. The van der Waals surface area contributed by atoms with Gasteiger partial charge in [0.1, 0.15) is 6.04 Å². The van der Waals surface area contributed by atoms with E-state index in [0.29, 0.717) is 6.54 Å². The van der Waals surface area contributed by atoms with Crippen molar-refractivity contribution < 1.29 is 9.59 Å². The van der Waals surface area contributed by atoms with E-state index in [4.69, 9.17) is 0 Å². The van der Waals surface area contributed by atoms with Crippen molar-refractivity contribution in [2.24, 2.45) is 0 Å². The van der Waals surface area contributed by atoms with Crippen LogP contribution in [0, 0.1) is 0 Å². The Morgan fingerprint density at radius 2 is 1.86 bits per heavy atom. The van der Waals surface area contributed by atoms with Gasteiger partial charge in [-0.3, -0.25) is 4.79 Å². The Labute approximate surface area is 132 Å². The van der Waals surface area contributed by atoms with Crippen LogP contribution in [0.2, 0.25) is 0 Å². The monoisotopic (exact) mass is 303 g/mol. The lowest BCUT2D eigenvalue weighted by Crippen LogP contribution is -2.47. The highest BCUT2D eigenvalue weighted by Crippen LogP contribution is 2.36. The van der Waals surface area contributed by atoms with Crippen LogP contribution in [0.1, 0.15) is 43.2 Å². The molecule has 22 heavy (non-hydrogen) atoms. The molecule has 0 aromatic heterocycles. The summed E-state index contributed by atoms with van der Waals surface area (Å²) in [7, 11) is 3.34. The number of carbonyl (C=O) groups is 2. The lowest BCUT2D eigenvalue weighted by Gasteiger charge is -2.25. The molecule has 1 aliphatic carbocycles. The standard InChI is InChI=1S/C17H25N3O2/c1-12(16(21)20(2)3)19-17(22)18-11-13-7-9-15(10-8-13)14-5-4-6-14/h7-10,12,14H,4-6,11H2,1-3H3,(H2,18,19,22)/t12-/m0/s1. The first-order chi connectivity index (χ1) is 10.5. The predicted octanol–water partition coefficient (Wildman–Crippen LogP) is 2.23. The summed E-state index contributed by atoms with van der Waals surface area (Å²) in [6, 6.07) is 7.56. The molecule has 0 radical (unpaired) electrons. The molecule has 1 saturated carbocycles. The molecule has 1 fully saturated rings. The first-order valence-electron chi connectivity index (χ1n) is 7.81. The topological polar surface area (TPSA) is 61.4 Å². The molecule has 1 aromatic carbocycles. The maximum atomic E-state index is 11.8. The van der Waals surface area contributed by atoms with Gasteiger partial charge in [0.15, 0.2) is 0 Å². The molecule has 5 heteroatoms. The first kappa shape index (κ1) is 16.3. The Morgan fingerprint density at radius 1 is 1.23 bits per heavy atom. The van der Waals surface area contributed by atoms with Crippen molar-refractivity contribution in [3.63, 3.8) is 0 Å². The van der Waals surface area contributed by atoms with E-state index in [1.165, 1.54) is 29.7 Å². The number of benzene rings is 1. The van der Waals surface area contributed by atoms with Gasteiger partial charge in [0, 0.05) is 20.6 Å². The lowest BCUT2D eigenvalue weighted by molar-refractivity contribution is -0.130. The van der Waals surface area contributed by atoms with Gasteiger partial charge in [0.05, 0.1) is 0 Å². The zero-order chi connectivity index (χ0) is 16.1. The van der Waals surface area contributed by atoms with Crippen molar-refractivity contribution in [1.29, 1.82) is 0 Å². The highest BCUT2D eigenvalue weighted by Gasteiger charge is 2.19. The number of likely N-dealkylation sites (N-methyl/N-ethyl adjacent to an activating group) is 1. The summed E-state index contributed by atoms with van der Waals surface area (Å²) in [6.45, 7) is 2.13. The fourth-order valence-corrected chi connectivity index (χ4v) is 2.53. The van der Waals surface area contributed by atoms with Crippen LogP contribution in [0.3, 0.4) is 0 Å². The van der Waals surface area contributed by atoms with Crippen LogP contribution in [0.4, 0.5) is 4.79 Å². The summed E-state index contributed by atoms with van der Waals surface area (Å²) in [5, 5.41) is 5.42. The highest BCUT2D eigenvalue weighted by molar-refractivity contribution is 5.86. The number of rotatable bonds is 5. The Morgan fingerprint density at radius 3 is 2.36 bits per heavy atom. The number of amides is 3. The first-order valence-corrected chi connectivity index (χ1v) is 7.81. The molecule has 0 unspecified atom stereocenters. The number of carbonyl (C=O) groups excluding carboxylic acids is 2. The molecule has 0 spiro atoms. The van der Waals surface area contributed by atoms with Crippen molar-refractivity contribution in [2.45, 2.75) is 44.7 Å². The molecule has 0 heterocycles. The van der Waals surface area contributed by atoms with Gasteiger partial charge in [-0.1, -0.05) is 30.7 Å². The maximum Gasteiger partial charge on any atom is 0.315 e. The molecule has 5 nitrogen and oxygen atoms in total. The van der Waals surface area contributed by atoms with Crippen molar-refractivity contribution in [2.75, 3.05) is 14.1 Å². The second-order valence-electron chi connectivity index (χ2n) is 6.15. The Bertz CT molecular complexity index is 521. The van der Waals surface area contributed by atoms with E-state index in [-0.39, 0.29) is 11.9 Å². The second-order valence-corrected chi connectivity index (χ2v) is 6.15. The number of urea groups is 1. The van der Waals surface area contributed by atoms with Gasteiger partial charge in [-0.05, 0) is 36.8 Å². The molecular weight excluding hydrogens is 278 g/mol. The van der Waals surface area contributed by atoms with Gasteiger partial charge in [0.2, 0.25) is 5.91 Å². The van der Waals surface area contributed by atoms with Crippen LogP contribution in [-0.2, 0) is 11.3 Å². The molecule has 1 aliphatic rings. The van der Waals surface area contributed by atoms with E-state index >= 15 is 0 Å². The Balaban J connectivity index is 1.77. The summed E-state index contributed by atoms with van der Waals surface area (Å²) in [6.07, 6.45) is 3.91. The Kier molecular flexibility index (Phi) is 5.41. The largest absolute Gasteiger partial charge is 0.347 e. The highest BCUT2D eigenvalue weighted by atomic mass is 16.2. The Hall–Kier alpha value is -2.04. The van der Waals surface area contributed by atoms with Crippen molar-refractivity contribution in [1.82, 2.24) is 15.5 Å². The van der Waals surface area contributed by atoms with Crippen molar-refractivity contribution in [3.05, 3.63) is 35.4 Å². The van der Waals surface area contributed by atoms with Crippen LogP contribution in [0.15, 0.2) is 24.3 Å². The third-order valence-electron chi connectivity index (χ3n) is 4.17. The van der Waals surface area contributed by atoms with E-state index in [2.05, 4.69) is 34.9 Å². The van der Waals surface area contributed by atoms with Crippen LogP contribution in [0.5, 0.6) is 0 Å². The molecule has 0 saturated heterocycles. The molecule has 1 atom stereocenters. The molecule has 3 amide bonds. The van der Waals surface area contributed by atoms with Gasteiger partial charge in [-0.15, -0.1) is 0 Å². The second kappa shape index (κ2) is 7.29. The lowest BCUT2D eigenvalue weighted by atomic mass is 9.80. The number of nitrogens with zero attached hydrogens (tertiary/aromatic N) is 1. The summed E-state index contributed by atoms with van der Waals surface area (Å²) < 4.78 is 0. The molecular formula is C17H25N3O2. The minimum atomic E-state index is -0.531. The third-order valence-corrected chi connectivity index (χ3v) is 4.17. The summed E-state index contributed by atoms with van der Waals surface area (Å²) in [5.41, 5.74) is 2.45. The molecule has 0 aliphatic heterocycles. The number of hydrogen-bond acceptors (Lipinski definition) is 2. The third kappa shape index (κ3) is 4.23. The summed E-state index contributed by atoms with van der Waals surface area (Å²) in [5.74, 6) is 0.600.